The third-order valence-corrected chi connectivity index (χ3v) is 1.48. The zero-order valence-electron chi connectivity index (χ0n) is 6.34. The molecule has 0 amide bonds. The fourth-order valence-corrected chi connectivity index (χ4v) is 0.997. The van der Waals surface area contributed by atoms with Crippen molar-refractivity contribution in [3.8, 4) is 0 Å². The van der Waals surface area contributed by atoms with Crippen LogP contribution < -0.4 is 10.6 Å². The summed E-state index contributed by atoms with van der Waals surface area (Å²) in [5.74, 6) is 0. The molecule has 11 heavy (non-hydrogen) atoms. The maximum Gasteiger partial charge on any atom is 0.176 e. The lowest BCUT2D eigenvalue weighted by atomic mass is 10.7. The van der Waals surface area contributed by atoms with E-state index in [4.69, 9.17) is 24.4 Å². The van der Waals surface area contributed by atoms with Crippen LogP contribution in [0.4, 0.5) is 0 Å². The van der Waals surface area contributed by atoms with Crippen LogP contribution in [0.2, 0.25) is 0 Å². The minimum absolute atomic E-state index is 0.473. The summed E-state index contributed by atoms with van der Waals surface area (Å²) < 4.78 is 0. The third kappa shape index (κ3) is 6.28. The van der Waals surface area contributed by atoms with Gasteiger partial charge in [0.25, 0.3) is 0 Å². The Kier molecular flexibility index (Phi) is 5.45. The van der Waals surface area contributed by atoms with Gasteiger partial charge in [-0.05, 0) is 26.1 Å². The summed E-state index contributed by atoms with van der Waals surface area (Å²) in [6.45, 7) is 3.62. The molecule has 0 unspecified atom stereocenters. The second-order valence-electron chi connectivity index (χ2n) is 1.81. The van der Waals surface area contributed by atoms with Crippen molar-refractivity contribution in [1.29, 1.82) is 0 Å². The Hall–Kier alpha value is -0.130. The molecule has 2 nitrogen and oxygen atoms in total. The molecule has 0 aromatic rings. The van der Waals surface area contributed by atoms with Gasteiger partial charge in [0.1, 0.15) is 0 Å². The molecule has 0 fully saturated rings. The molecule has 0 heterocycles. The molecule has 0 saturated heterocycles. The van der Waals surface area contributed by atoms with E-state index in [0.717, 1.165) is 0 Å². The number of rotatable bonds is 1. The molecule has 0 aromatic carbocycles. The maximum absolute atomic E-state index is 4.87. The van der Waals surface area contributed by atoms with Crippen LogP contribution in [0.15, 0.2) is 11.1 Å². The molecule has 0 aliphatic carbocycles. The first-order chi connectivity index (χ1) is 5.06. The highest BCUT2D eigenvalue weighted by Crippen LogP contribution is 1.92. The van der Waals surface area contributed by atoms with Crippen molar-refractivity contribution in [2.75, 3.05) is 0 Å². The second-order valence-corrected chi connectivity index (χ2v) is 3.31. The molecule has 0 aliphatic heterocycles. The van der Waals surface area contributed by atoms with Crippen LogP contribution >= 0.6 is 37.1 Å². The van der Waals surface area contributed by atoms with E-state index in [9.17, 15) is 0 Å². The van der Waals surface area contributed by atoms with Crippen molar-refractivity contribution in [2.45, 2.75) is 13.8 Å². The van der Waals surface area contributed by atoms with Crippen molar-refractivity contribution in [2.24, 2.45) is 0 Å². The molecule has 0 aliphatic rings. The van der Waals surface area contributed by atoms with Gasteiger partial charge < -0.3 is 10.6 Å². The van der Waals surface area contributed by atoms with Crippen molar-refractivity contribution < 1.29 is 0 Å². The number of allylic oxidation sites excluding steroid dienone is 1. The molecule has 0 saturated carbocycles. The topological polar surface area (TPSA) is 24.1 Å². The van der Waals surface area contributed by atoms with E-state index in [2.05, 4.69) is 23.3 Å². The monoisotopic (exact) mass is 206 g/mol. The number of hydrogen-bond acceptors (Lipinski definition) is 3. The van der Waals surface area contributed by atoms with E-state index in [1.807, 2.05) is 6.92 Å². The summed E-state index contributed by atoms with van der Waals surface area (Å²) in [5, 5.41) is 6.77. The van der Waals surface area contributed by atoms with Gasteiger partial charge in [-0.2, -0.15) is 0 Å². The van der Waals surface area contributed by atoms with Gasteiger partial charge in [0, 0.05) is 0 Å². The van der Waals surface area contributed by atoms with Gasteiger partial charge in [0.2, 0.25) is 0 Å². The Morgan fingerprint density at radius 2 is 1.91 bits per heavy atom. The minimum Gasteiger partial charge on any atom is -0.328 e. The van der Waals surface area contributed by atoms with Crippen LogP contribution in [-0.2, 0) is 0 Å². The first-order valence-electron chi connectivity index (χ1n) is 3.00. The number of thiocarbonyl (C=S) groups is 2. The molecule has 62 valence electrons. The van der Waals surface area contributed by atoms with Crippen LogP contribution in [0.25, 0.3) is 0 Å². The predicted molar refractivity (Wildman–Crippen MR) is 59.9 cm³/mol. The fourth-order valence-electron chi connectivity index (χ4n) is 0.380. The van der Waals surface area contributed by atoms with Crippen LogP contribution in [0.1, 0.15) is 13.8 Å². The predicted octanol–water partition coefficient (Wildman–Crippen LogP) is 1.59. The SMILES string of the molecule is CC=C(S)NC(=S)NC(C)=S. The Morgan fingerprint density at radius 3 is 2.27 bits per heavy atom. The molecule has 0 bridgehead atoms. The minimum atomic E-state index is 0.473. The fraction of sp³-hybridized carbons (Fsp3) is 0.333. The van der Waals surface area contributed by atoms with Crippen molar-refractivity contribution in [3.05, 3.63) is 11.1 Å². The molecule has 0 rings (SSSR count). The Bertz CT molecular complexity index is 198. The van der Waals surface area contributed by atoms with Gasteiger partial charge in [0.15, 0.2) is 5.11 Å². The number of hydrogen-bond donors (Lipinski definition) is 3. The quantitative estimate of drug-likeness (QED) is 0.448. The largest absolute Gasteiger partial charge is 0.328 e. The standard InChI is InChI=1S/C6H10N2S3/c1-3-5(10)8-6(11)7-4(2)9/h3,10H,1-2H3,(H2,7,8,9,11). The Labute approximate surface area is 82.8 Å². The van der Waals surface area contributed by atoms with Gasteiger partial charge in [-0.15, -0.1) is 12.6 Å². The highest BCUT2D eigenvalue weighted by atomic mass is 32.1. The summed E-state index contributed by atoms with van der Waals surface area (Å²) in [4.78, 5) is 0.639. The van der Waals surface area contributed by atoms with Crippen LogP contribution in [0.3, 0.4) is 0 Å². The Balaban J connectivity index is 3.79. The van der Waals surface area contributed by atoms with Gasteiger partial charge in [0.05, 0.1) is 10.0 Å². The lowest BCUT2D eigenvalue weighted by Crippen LogP contribution is -2.35. The number of nitrogens with one attached hydrogen (secondary N) is 2. The second kappa shape index (κ2) is 5.51. The van der Waals surface area contributed by atoms with E-state index in [0.29, 0.717) is 15.1 Å². The highest BCUT2D eigenvalue weighted by molar-refractivity contribution is 7.85. The first kappa shape index (κ1) is 10.9. The lowest BCUT2D eigenvalue weighted by Gasteiger charge is -2.07. The van der Waals surface area contributed by atoms with E-state index in [-0.39, 0.29) is 0 Å². The Morgan fingerprint density at radius 1 is 1.36 bits per heavy atom. The van der Waals surface area contributed by atoms with Gasteiger partial charge in [-0.1, -0.05) is 18.3 Å². The summed E-state index contributed by atoms with van der Waals surface area (Å²) in [6.07, 6.45) is 1.80. The van der Waals surface area contributed by atoms with Gasteiger partial charge >= 0.3 is 0 Å². The summed E-state index contributed by atoms with van der Waals surface area (Å²) in [6, 6.07) is 0. The third-order valence-electron chi connectivity index (χ3n) is 0.805. The average Bonchev–Trinajstić information content (AvgIpc) is 1.85. The van der Waals surface area contributed by atoms with Crippen molar-refractivity contribution >= 4 is 47.2 Å². The molecule has 0 radical (unpaired) electrons. The first-order valence-corrected chi connectivity index (χ1v) is 4.26. The molecule has 2 N–H and O–H groups in total. The average molecular weight is 206 g/mol. The van der Waals surface area contributed by atoms with Gasteiger partial charge in [-0.25, -0.2) is 0 Å². The van der Waals surface area contributed by atoms with Crippen LogP contribution in [-0.4, -0.2) is 10.1 Å². The van der Waals surface area contributed by atoms with E-state index in [1.54, 1.807) is 13.0 Å². The van der Waals surface area contributed by atoms with Gasteiger partial charge in [-0.3, -0.25) is 0 Å². The maximum atomic E-state index is 4.87. The zero-order valence-corrected chi connectivity index (χ0v) is 8.87. The smallest absolute Gasteiger partial charge is 0.176 e. The molecule has 0 spiro atoms. The molecular formula is C6H10N2S3. The normalized spacial score (nSPS) is 10.6. The molecular weight excluding hydrogens is 196 g/mol. The molecule has 5 heteroatoms. The van der Waals surface area contributed by atoms with Crippen molar-refractivity contribution in [3.63, 3.8) is 0 Å². The molecule has 0 atom stereocenters. The summed E-state index contributed by atoms with van der Waals surface area (Å²) >= 11 is 13.7. The molecule has 0 aromatic heterocycles. The zero-order chi connectivity index (χ0) is 8.85. The van der Waals surface area contributed by atoms with Crippen molar-refractivity contribution in [1.82, 2.24) is 10.6 Å². The summed E-state index contributed by atoms with van der Waals surface area (Å²) in [7, 11) is 0. The van der Waals surface area contributed by atoms with Crippen LogP contribution in [0.5, 0.6) is 0 Å². The van der Waals surface area contributed by atoms with E-state index >= 15 is 0 Å². The lowest BCUT2D eigenvalue weighted by molar-refractivity contribution is 1.18. The van der Waals surface area contributed by atoms with Crippen LogP contribution in [0, 0.1) is 0 Å². The van der Waals surface area contributed by atoms with E-state index < -0.39 is 0 Å². The highest BCUT2D eigenvalue weighted by Gasteiger charge is 1.94. The van der Waals surface area contributed by atoms with E-state index in [1.165, 1.54) is 0 Å². The number of thiol groups is 1. The summed E-state index contributed by atoms with van der Waals surface area (Å²) in [5.41, 5.74) is 0.